The van der Waals surface area contributed by atoms with Crippen LogP contribution in [0.3, 0.4) is 0 Å². The highest BCUT2D eigenvalue weighted by atomic mass is 16.4. The summed E-state index contributed by atoms with van der Waals surface area (Å²) in [7, 11) is 2.05. The van der Waals surface area contributed by atoms with Crippen LogP contribution in [-0.2, 0) is 0 Å². The molecule has 4 heteroatoms. The Morgan fingerprint density at radius 2 is 2.33 bits per heavy atom. The number of amides is 1. The molecule has 0 radical (unpaired) electrons. The summed E-state index contributed by atoms with van der Waals surface area (Å²) < 4.78 is 0. The van der Waals surface area contributed by atoms with Gasteiger partial charge in [0.15, 0.2) is 0 Å². The number of nitrogens with one attached hydrogen (secondary N) is 1. The lowest BCUT2D eigenvalue weighted by Crippen LogP contribution is -2.40. The van der Waals surface area contributed by atoms with E-state index in [2.05, 4.69) is 10.2 Å². The maximum atomic E-state index is 10.4. The Bertz CT molecular complexity index is 213. The molecule has 12 heavy (non-hydrogen) atoms. The third kappa shape index (κ3) is 1.16. The molecule has 2 aliphatic rings. The molecule has 0 aromatic rings. The molecule has 2 N–H and O–H groups in total. The fraction of sp³-hybridized carbons (Fsp3) is 0.875. The third-order valence-electron chi connectivity index (χ3n) is 3.01. The van der Waals surface area contributed by atoms with Gasteiger partial charge in [0.05, 0.1) is 6.04 Å². The molecule has 1 saturated carbocycles. The van der Waals surface area contributed by atoms with Crippen molar-refractivity contribution in [2.24, 2.45) is 5.41 Å². The quantitative estimate of drug-likeness (QED) is 0.597. The van der Waals surface area contributed by atoms with Crippen LogP contribution in [0.5, 0.6) is 0 Å². The smallest absolute Gasteiger partial charge is 0.404 e. The average molecular weight is 170 g/mol. The summed E-state index contributed by atoms with van der Waals surface area (Å²) in [6.45, 7) is 1.92. The zero-order valence-corrected chi connectivity index (χ0v) is 7.21. The van der Waals surface area contributed by atoms with Crippen molar-refractivity contribution in [2.75, 3.05) is 20.1 Å². The number of carboxylic acid groups (broad SMARTS) is 1. The van der Waals surface area contributed by atoms with E-state index in [-0.39, 0.29) is 6.04 Å². The Balaban J connectivity index is 2.01. The highest BCUT2D eigenvalue weighted by molar-refractivity contribution is 5.65. The summed E-state index contributed by atoms with van der Waals surface area (Å²) in [4.78, 5) is 12.6. The van der Waals surface area contributed by atoms with Crippen molar-refractivity contribution >= 4 is 6.09 Å². The molecule has 68 valence electrons. The van der Waals surface area contributed by atoms with Crippen LogP contribution in [0.4, 0.5) is 4.79 Å². The van der Waals surface area contributed by atoms with Crippen molar-refractivity contribution in [3.05, 3.63) is 0 Å². The van der Waals surface area contributed by atoms with Crippen LogP contribution < -0.4 is 5.32 Å². The highest BCUT2D eigenvalue weighted by Crippen LogP contribution is 2.52. The minimum Gasteiger partial charge on any atom is -0.465 e. The van der Waals surface area contributed by atoms with E-state index in [1.54, 1.807) is 0 Å². The summed E-state index contributed by atoms with van der Waals surface area (Å²) in [5, 5.41) is 11.2. The Morgan fingerprint density at radius 3 is 2.83 bits per heavy atom. The molecule has 2 fully saturated rings. The fourth-order valence-electron chi connectivity index (χ4n) is 2.23. The first-order chi connectivity index (χ1) is 5.62. The fourth-order valence-corrected chi connectivity index (χ4v) is 2.23. The molecule has 1 spiro atoms. The Morgan fingerprint density at radius 1 is 1.67 bits per heavy atom. The predicted octanol–water partition coefficient (Wildman–Crippen LogP) is 0.348. The van der Waals surface area contributed by atoms with Gasteiger partial charge in [-0.25, -0.2) is 4.79 Å². The Labute approximate surface area is 71.5 Å². The van der Waals surface area contributed by atoms with Gasteiger partial charge >= 0.3 is 6.09 Å². The topological polar surface area (TPSA) is 52.6 Å². The van der Waals surface area contributed by atoms with Crippen LogP contribution >= 0.6 is 0 Å². The summed E-state index contributed by atoms with van der Waals surface area (Å²) >= 11 is 0. The first kappa shape index (κ1) is 7.86. The second-order valence-electron chi connectivity index (χ2n) is 4.06. The van der Waals surface area contributed by atoms with E-state index in [0.717, 1.165) is 13.1 Å². The van der Waals surface area contributed by atoms with Gasteiger partial charge in [0, 0.05) is 18.5 Å². The van der Waals surface area contributed by atoms with Gasteiger partial charge in [-0.1, -0.05) is 0 Å². The van der Waals surface area contributed by atoms with Crippen LogP contribution in [0.1, 0.15) is 12.8 Å². The molecular weight excluding hydrogens is 156 g/mol. The van der Waals surface area contributed by atoms with Crippen molar-refractivity contribution < 1.29 is 9.90 Å². The monoisotopic (exact) mass is 170 g/mol. The average Bonchev–Trinajstić information content (AvgIpc) is 2.60. The second kappa shape index (κ2) is 2.36. The minimum atomic E-state index is -0.887. The van der Waals surface area contributed by atoms with E-state index in [9.17, 15) is 4.79 Å². The molecule has 1 heterocycles. The number of hydrogen-bond acceptors (Lipinski definition) is 2. The largest absolute Gasteiger partial charge is 0.465 e. The molecule has 0 aromatic carbocycles. The zero-order chi connectivity index (χ0) is 8.77. The Kier molecular flexibility index (Phi) is 1.54. The number of carbonyl (C=O) groups is 1. The third-order valence-corrected chi connectivity index (χ3v) is 3.01. The van der Waals surface area contributed by atoms with E-state index >= 15 is 0 Å². The summed E-state index contributed by atoms with van der Waals surface area (Å²) in [5.74, 6) is 0. The van der Waals surface area contributed by atoms with Gasteiger partial charge < -0.3 is 15.3 Å². The number of hydrogen-bond donors (Lipinski definition) is 2. The molecule has 1 atom stereocenters. The van der Waals surface area contributed by atoms with Gasteiger partial charge in [0.25, 0.3) is 0 Å². The summed E-state index contributed by atoms with van der Waals surface area (Å²) in [5.41, 5.74) is 0.299. The normalized spacial score (nSPS) is 32.2. The molecule has 1 amide bonds. The number of likely N-dealkylation sites (N-methyl/N-ethyl adjacent to an activating group) is 1. The molecule has 1 unspecified atom stereocenters. The van der Waals surface area contributed by atoms with Crippen LogP contribution in [-0.4, -0.2) is 42.3 Å². The van der Waals surface area contributed by atoms with E-state index < -0.39 is 6.09 Å². The van der Waals surface area contributed by atoms with Gasteiger partial charge in [-0.3, -0.25) is 0 Å². The maximum absolute atomic E-state index is 10.4. The predicted molar refractivity (Wildman–Crippen MR) is 44.1 cm³/mol. The van der Waals surface area contributed by atoms with E-state index in [1.165, 1.54) is 12.8 Å². The van der Waals surface area contributed by atoms with E-state index in [4.69, 9.17) is 5.11 Å². The van der Waals surface area contributed by atoms with E-state index in [0.29, 0.717) is 5.41 Å². The van der Waals surface area contributed by atoms with Gasteiger partial charge in [-0.05, 0) is 19.9 Å². The molecule has 1 aliphatic carbocycles. The van der Waals surface area contributed by atoms with Gasteiger partial charge in [0.2, 0.25) is 0 Å². The number of rotatable bonds is 1. The molecule has 0 aromatic heterocycles. The highest BCUT2D eigenvalue weighted by Gasteiger charge is 2.54. The molecule has 0 bridgehead atoms. The summed E-state index contributed by atoms with van der Waals surface area (Å²) in [6.07, 6.45) is 1.48. The molecule has 2 rings (SSSR count). The lowest BCUT2D eigenvalue weighted by Gasteiger charge is -2.15. The van der Waals surface area contributed by atoms with Gasteiger partial charge in [-0.15, -0.1) is 0 Å². The van der Waals surface area contributed by atoms with Crippen LogP contribution in [0.25, 0.3) is 0 Å². The van der Waals surface area contributed by atoms with Crippen molar-refractivity contribution in [2.45, 2.75) is 18.9 Å². The SMILES string of the molecule is CN1CC(NC(=O)O)C2(CC2)C1. The molecular formula is C8H14N2O2. The minimum absolute atomic E-state index is 0.167. The van der Waals surface area contributed by atoms with Crippen molar-refractivity contribution in [3.8, 4) is 0 Å². The first-order valence-corrected chi connectivity index (χ1v) is 4.30. The van der Waals surface area contributed by atoms with Crippen molar-refractivity contribution in [1.29, 1.82) is 0 Å². The van der Waals surface area contributed by atoms with Gasteiger partial charge in [-0.2, -0.15) is 0 Å². The number of likely N-dealkylation sites (tertiary alicyclic amines) is 1. The van der Waals surface area contributed by atoms with Crippen molar-refractivity contribution in [3.63, 3.8) is 0 Å². The second-order valence-corrected chi connectivity index (χ2v) is 4.06. The lowest BCUT2D eigenvalue weighted by molar-refractivity contribution is 0.186. The van der Waals surface area contributed by atoms with Gasteiger partial charge in [0.1, 0.15) is 0 Å². The molecule has 4 nitrogen and oxygen atoms in total. The van der Waals surface area contributed by atoms with Crippen LogP contribution in [0.2, 0.25) is 0 Å². The maximum Gasteiger partial charge on any atom is 0.404 e. The standard InChI is InChI=1S/C8H14N2O2/c1-10-4-6(9-7(11)12)8(5-10)2-3-8/h6,9H,2-5H2,1H3,(H,11,12). The first-order valence-electron chi connectivity index (χ1n) is 4.30. The Hall–Kier alpha value is -0.770. The summed E-state index contributed by atoms with van der Waals surface area (Å²) in [6, 6.07) is 0.167. The van der Waals surface area contributed by atoms with E-state index in [1.807, 2.05) is 7.05 Å². The molecule has 1 aliphatic heterocycles. The molecule has 1 saturated heterocycles. The van der Waals surface area contributed by atoms with Crippen LogP contribution in [0, 0.1) is 5.41 Å². The zero-order valence-electron chi connectivity index (χ0n) is 7.21. The van der Waals surface area contributed by atoms with Crippen LogP contribution in [0.15, 0.2) is 0 Å². The van der Waals surface area contributed by atoms with Crippen molar-refractivity contribution in [1.82, 2.24) is 10.2 Å². The number of nitrogens with zero attached hydrogens (tertiary/aromatic N) is 1. The lowest BCUT2D eigenvalue weighted by atomic mass is 10.0.